The fourth-order valence-electron chi connectivity index (χ4n) is 3.68. The maximum Gasteiger partial charge on any atom is 0.191 e. The van der Waals surface area contributed by atoms with Crippen LogP contribution in [0.3, 0.4) is 0 Å². The van der Waals surface area contributed by atoms with Gasteiger partial charge in [-0.15, -0.1) is 0 Å². The number of aliphatic hydroxyl groups is 1. The van der Waals surface area contributed by atoms with Crippen molar-refractivity contribution in [1.29, 1.82) is 0 Å². The number of hydrogen-bond acceptors (Lipinski definition) is 2. The van der Waals surface area contributed by atoms with Gasteiger partial charge in [0.1, 0.15) is 0 Å². The number of hydrogen-bond donors (Lipinski definition) is 3. The first kappa shape index (κ1) is 17.6. The monoisotopic (exact) mass is 309 g/mol. The molecule has 2 aliphatic rings. The summed E-state index contributed by atoms with van der Waals surface area (Å²) < 4.78 is 0. The number of rotatable bonds is 4. The van der Waals surface area contributed by atoms with Crippen molar-refractivity contribution >= 4 is 5.96 Å². The molecule has 3 N–H and O–H groups in total. The van der Waals surface area contributed by atoms with E-state index in [1.165, 1.54) is 44.9 Å². The van der Waals surface area contributed by atoms with Gasteiger partial charge >= 0.3 is 0 Å². The Balaban J connectivity index is 1.80. The normalized spacial score (nSPS) is 28.7. The molecule has 0 aromatic carbocycles. The Bertz CT molecular complexity index is 316. The second-order valence-electron chi connectivity index (χ2n) is 7.08. The lowest BCUT2D eigenvalue weighted by Crippen LogP contribution is -2.45. The molecule has 2 rings (SSSR count). The van der Waals surface area contributed by atoms with Crippen molar-refractivity contribution in [3.8, 4) is 0 Å². The SMILES string of the molecule is CCNC(=NCC1CCCCCCC1)NC1CCC(O)CC1. The molecule has 4 heteroatoms. The van der Waals surface area contributed by atoms with Crippen LogP contribution >= 0.6 is 0 Å². The highest BCUT2D eigenvalue weighted by Crippen LogP contribution is 2.22. The van der Waals surface area contributed by atoms with Crippen LogP contribution in [0, 0.1) is 5.92 Å². The topological polar surface area (TPSA) is 56.7 Å². The second-order valence-corrected chi connectivity index (χ2v) is 7.08. The molecule has 0 unspecified atom stereocenters. The molecular formula is C18H35N3O. The Morgan fingerprint density at radius 2 is 1.59 bits per heavy atom. The molecule has 0 aromatic heterocycles. The van der Waals surface area contributed by atoms with E-state index in [1.54, 1.807) is 0 Å². The van der Waals surface area contributed by atoms with Crippen molar-refractivity contribution in [2.75, 3.05) is 13.1 Å². The van der Waals surface area contributed by atoms with E-state index in [-0.39, 0.29) is 6.10 Å². The minimum atomic E-state index is -0.0903. The zero-order chi connectivity index (χ0) is 15.6. The third-order valence-electron chi connectivity index (χ3n) is 5.11. The number of aliphatic imine (C=N–C) groups is 1. The summed E-state index contributed by atoms with van der Waals surface area (Å²) in [6, 6.07) is 0.471. The van der Waals surface area contributed by atoms with Gasteiger partial charge in [0.05, 0.1) is 6.10 Å². The molecular weight excluding hydrogens is 274 g/mol. The Labute approximate surface area is 136 Å². The minimum Gasteiger partial charge on any atom is -0.393 e. The van der Waals surface area contributed by atoms with Gasteiger partial charge in [0.2, 0.25) is 0 Å². The van der Waals surface area contributed by atoms with E-state index in [1.807, 2.05) is 0 Å². The van der Waals surface area contributed by atoms with Crippen LogP contribution in [0.25, 0.3) is 0 Å². The largest absolute Gasteiger partial charge is 0.393 e. The first-order chi connectivity index (χ1) is 10.8. The van der Waals surface area contributed by atoms with Gasteiger partial charge < -0.3 is 15.7 Å². The molecule has 0 saturated heterocycles. The maximum absolute atomic E-state index is 9.61. The average Bonchev–Trinajstić information content (AvgIpc) is 2.48. The smallest absolute Gasteiger partial charge is 0.191 e. The summed E-state index contributed by atoms with van der Waals surface area (Å²) in [6.45, 7) is 3.99. The Hall–Kier alpha value is -0.770. The Morgan fingerprint density at radius 1 is 0.955 bits per heavy atom. The van der Waals surface area contributed by atoms with Crippen LogP contribution < -0.4 is 10.6 Å². The lowest BCUT2D eigenvalue weighted by molar-refractivity contribution is 0.120. The van der Waals surface area contributed by atoms with E-state index >= 15 is 0 Å². The molecule has 0 aromatic rings. The van der Waals surface area contributed by atoms with Gasteiger partial charge in [0.25, 0.3) is 0 Å². The molecule has 2 fully saturated rings. The summed E-state index contributed by atoms with van der Waals surface area (Å²) in [6.07, 6.45) is 13.5. The fourth-order valence-corrected chi connectivity index (χ4v) is 3.68. The van der Waals surface area contributed by atoms with Gasteiger partial charge in [0.15, 0.2) is 5.96 Å². The molecule has 2 aliphatic carbocycles. The van der Waals surface area contributed by atoms with Crippen LogP contribution in [0.2, 0.25) is 0 Å². The van der Waals surface area contributed by atoms with Gasteiger partial charge in [0, 0.05) is 19.1 Å². The van der Waals surface area contributed by atoms with Gasteiger partial charge in [-0.05, 0) is 51.4 Å². The summed E-state index contributed by atoms with van der Waals surface area (Å²) in [5, 5.41) is 16.6. The van der Waals surface area contributed by atoms with Gasteiger partial charge in [-0.2, -0.15) is 0 Å². The lowest BCUT2D eigenvalue weighted by Gasteiger charge is -2.28. The summed E-state index contributed by atoms with van der Waals surface area (Å²) in [7, 11) is 0. The molecule has 4 nitrogen and oxygen atoms in total. The zero-order valence-corrected chi connectivity index (χ0v) is 14.3. The van der Waals surface area contributed by atoms with Crippen LogP contribution in [0.5, 0.6) is 0 Å². The van der Waals surface area contributed by atoms with Gasteiger partial charge in [-0.3, -0.25) is 4.99 Å². The summed E-state index contributed by atoms with van der Waals surface area (Å²) in [5.74, 6) is 1.75. The van der Waals surface area contributed by atoms with Gasteiger partial charge in [-0.25, -0.2) is 0 Å². The van der Waals surface area contributed by atoms with Crippen LogP contribution in [-0.4, -0.2) is 36.3 Å². The third-order valence-corrected chi connectivity index (χ3v) is 5.11. The quantitative estimate of drug-likeness (QED) is 0.552. The first-order valence-corrected chi connectivity index (χ1v) is 9.51. The van der Waals surface area contributed by atoms with E-state index in [0.29, 0.717) is 6.04 Å². The molecule has 0 heterocycles. The highest BCUT2D eigenvalue weighted by molar-refractivity contribution is 5.80. The third kappa shape index (κ3) is 6.55. The summed E-state index contributed by atoms with van der Waals surface area (Å²) in [4.78, 5) is 4.85. The minimum absolute atomic E-state index is 0.0903. The van der Waals surface area contributed by atoms with Crippen molar-refractivity contribution in [1.82, 2.24) is 10.6 Å². The Morgan fingerprint density at radius 3 is 2.23 bits per heavy atom. The molecule has 0 aliphatic heterocycles. The standard InChI is InChI=1S/C18H35N3O/c1-2-19-18(21-16-10-12-17(22)13-11-16)20-14-15-8-6-4-3-5-7-9-15/h15-17,22H,2-14H2,1H3,(H2,19,20,21). The molecule has 0 spiro atoms. The van der Waals surface area contributed by atoms with Crippen molar-refractivity contribution in [2.24, 2.45) is 10.9 Å². The molecule has 0 amide bonds. The molecule has 22 heavy (non-hydrogen) atoms. The van der Waals surface area contributed by atoms with Crippen molar-refractivity contribution < 1.29 is 5.11 Å². The predicted octanol–water partition coefficient (Wildman–Crippen LogP) is 3.21. The number of guanidine groups is 1. The van der Waals surface area contributed by atoms with E-state index in [0.717, 1.165) is 50.7 Å². The van der Waals surface area contributed by atoms with Crippen LogP contribution in [-0.2, 0) is 0 Å². The van der Waals surface area contributed by atoms with Crippen LogP contribution in [0.4, 0.5) is 0 Å². The van der Waals surface area contributed by atoms with E-state index in [9.17, 15) is 5.11 Å². The summed E-state index contributed by atoms with van der Waals surface area (Å²) in [5.41, 5.74) is 0. The molecule has 128 valence electrons. The van der Waals surface area contributed by atoms with E-state index in [2.05, 4.69) is 17.6 Å². The number of nitrogens with one attached hydrogen (secondary N) is 2. The van der Waals surface area contributed by atoms with Crippen molar-refractivity contribution in [3.63, 3.8) is 0 Å². The predicted molar refractivity (Wildman–Crippen MR) is 93.2 cm³/mol. The average molecular weight is 309 g/mol. The Kier molecular flexibility index (Phi) is 8.06. The van der Waals surface area contributed by atoms with E-state index < -0.39 is 0 Å². The molecule has 0 atom stereocenters. The van der Waals surface area contributed by atoms with Crippen molar-refractivity contribution in [2.45, 2.75) is 89.7 Å². The lowest BCUT2D eigenvalue weighted by atomic mass is 9.91. The van der Waals surface area contributed by atoms with Crippen LogP contribution in [0.1, 0.15) is 77.6 Å². The van der Waals surface area contributed by atoms with E-state index in [4.69, 9.17) is 4.99 Å². The van der Waals surface area contributed by atoms with Crippen LogP contribution in [0.15, 0.2) is 4.99 Å². The first-order valence-electron chi connectivity index (χ1n) is 9.51. The highest BCUT2D eigenvalue weighted by atomic mass is 16.3. The number of nitrogens with zero attached hydrogens (tertiary/aromatic N) is 1. The maximum atomic E-state index is 9.61. The molecule has 0 bridgehead atoms. The van der Waals surface area contributed by atoms with Gasteiger partial charge in [-0.1, -0.05) is 32.1 Å². The summed E-state index contributed by atoms with van der Waals surface area (Å²) >= 11 is 0. The molecule has 0 radical (unpaired) electrons. The zero-order valence-electron chi connectivity index (χ0n) is 14.3. The highest BCUT2D eigenvalue weighted by Gasteiger charge is 2.20. The van der Waals surface area contributed by atoms with Crippen molar-refractivity contribution in [3.05, 3.63) is 0 Å². The number of aliphatic hydroxyl groups excluding tert-OH is 1. The fraction of sp³-hybridized carbons (Fsp3) is 0.944. The molecule has 2 saturated carbocycles. The second kappa shape index (κ2) is 10.1.